The van der Waals surface area contributed by atoms with Gasteiger partial charge in [-0.15, -0.1) is 12.4 Å². The Morgan fingerprint density at radius 3 is 2.42 bits per heavy atom. The number of nitrogens with one attached hydrogen (secondary N) is 2. The number of carbonyl (C=O) groups excluding carboxylic acids is 1. The standard InChI is InChI=1S/C16H22Cl3N3O.ClH/c1-20-5-2-11-3-6-22(7-4-11)10-16(23)21-15-9-13(18)12(17)8-14(15)19;/h8-9,11,20H,2-7,10H2,1H3,(H,21,23);1H. The summed E-state index contributed by atoms with van der Waals surface area (Å²) >= 11 is 17.9. The van der Waals surface area contributed by atoms with E-state index in [4.69, 9.17) is 34.8 Å². The number of likely N-dealkylation sites (tertiary alicyclic amines) is 1. The van der Waals surface area contributed by atoms with E-state index in [1.165, 1.54) is 12.5 Å². The van der Waals surface area contributed by atoms with E-state index in [0.717, 1.165) is 38.4 Å². The molecule has 0 bridgehead atoms. The minimum Gasteiger partial charge on any atom is -0.324 e. The van der Waals surface area contributed by atoms with E-state index in [-0.39, 0.29) is 18.3 Å². The zero-order valence-electron chi connectivity index (χ0n) is 13.6. The Labute approximate surface area is 164 Å². The Hall–Kier alpha value is -0.230. The highest BCUT2D eigenvalue weighted by Gasteiger charge is 2.20. The van der Waals surface area contributed by atoms with Crippen LogP contribution in [0.1, 0.15) is 19.3 Å². The Balaban J connectivity index is 0.00000288. The number of nitrogens with zero attached hydrogens (tertiary/aromatic N) is 1. The van der Waals surface area contributed by atoms with Crippen molar-refractivity contribution in [2.24, 2.45) is 5.92 Å². The van der Waals surface area contributed by atoms with Gasteiger partial charge in [0.25, 0.3) is 0 Å². The second-order valence-electron chi connectivity index (χ2n) is 5.91. The lowest BCUT2D eigenvalue weighted by Crippen LogP contribution is -2.39. The summed E-state index contributed by atoms with van der Waals surface area (Å²) in [6, 6.07) is 3.11. The average Bonchev–Trinajstić information content (AvgIpc) is 2.52. The average molecular weight is 415 g/mol. The van der Waals surface area contributed by atoms with E-state index in [1.807, 2.05) is 7.05 Å². The van der Waals surface area contributed by atoms with Crippen LogP contribution >= 0.6 is 47.2 Å². The van der Waals surface area contributed by atoms with Crippen LogP contribution in [0.2, 0.25) is 15.1 Å². The molecular weight excluding hydrogens is 392 g/mol. The van der Waals surface area contributed by atoms with Gasteiger partial charge in [-0.25, -0.2) is 0 Å². The third-order valence-electron chi connectivity index (χ3n) is 4.16. The molecule has 4 nitrogen and oxygen atoms in total. The zero-order chi connectivity index (χ0) is 16.8. The fraction of sp³-hybridized carbons (Fsp3) is 0.562. The van der Waals surface area contributed by atoms with E-state index >= 15 is 0 Å². The van der Waals surface area contributed by atoms with Crippen LogP contribution in [0.25, 0.3) is 0 Å². The van der Waals surface area contributed by atoms with Crippen molar-refractivity contribution in [3.05, 3.63) is 27.2 Å². The van der Waals surface area contributed by atoms with E-state index in [0.29, 0.717) is 27.3 Å². The Bertz CT molecular complexity index is 548. The number of hydrogen-bond donors (Lipinski definition) is 2. The predicted molar refractivity (Wildman–Crippen MR) is 105 cm³/mol. The van der Waals surface area contributed by atoms with Crippen LogP contribution in [0.5, 0.6) is 0 Å². The van der Waals surface area contributed by atoms with Crippen molar-refractivity contribution in [2.75, 3.05) is 38.5 Å². The van der Waals surface area contributed by atoms with Gasteiger partial charge in [-0.1, -0.05) is 34.8 Å². The first-order valence-electron chi connectivity index (χ1n) is 7.81. The first-order valence-corrected chi connectivity index (χ1v) is 8.94. The van der Waals surface area contributed by atoms with Crippen LogP contribution in [-0.2, 0) is 4.79 Å². The highest BCUT2D eigenvalue weighted by molar-refractivity contribution is 6.44. The number of rotatable bonds is 6. The fourth-order valence-electron chi connectivity index (χ4n) is 2.79. The molecule has 2 N–H and O–H groups in total. The van der Waals surface area contributed by atoms with Gasteiger partial charge in [-0.2, -0.15) is 0 Å². The minimum absolute atomic E-state index is 0. The molecule has 1 aliphatic rings. The maximum Gasteiger partial charge on any atom is 0.238 e. The van der Waals surface area contributed by atoms with Crippen molar-refractivity contribution in [1.82, 2.24) is 10.2 Å². The molecule has 0 spiro atoms. The van der Waals surface area contributed by atoms with Crippen LogP contribution in [0.15, 0.2) is 12.1 Å². The molecule has 24 heavy (non-hydrogen) atoms. The lowest BCUT2D eigenvalue weighted by Gasteiger charge is -2.31. The number of benzene rings is 1. The summed E-state index contributed by atoms with van der Waals surface area (Å²) in [6.45, 7) is 3.34. The summed E-state index contributed by atoms with van der Waals surface area (Å²) in [4.78, 5) is 14.4. The molecule has 1 amide bonds. The maximum absolute atomic E-state index is 12.2. The molecule has 0 atom stereocenters. The molecule has 0 saturated carbocycles. The molecule has 1 aromatic rings. The van der Waals surface area contributed by atoms with Crippen LogP contribution in [0.4, 0.5) is 5.69 Å². The summed E-state index contributed by atoms with van der Waals surface area (Å²) in [5.41, 5.74) is 0.495. The molecule has 1 saturated heterocycles. The number of amides is 1. The van der Waals surface area contributed by atoms with E-state index < -0.39 is 0 Å². The van der Waals surface area contributed by atoms with Gasteiger partial charge >= 0.3 is 0 Å². The topological polar surface area (TPSA) is 44.4 Å². The molecule has 1 heterocycles. The van der Waals surface area contributed by atoms with Gasteiger partial charge in [0.2, 0.25) is 5.91 Å². The zero-order valence-corrected chi connectivity index (χ0v) is 16.7. The highest BCUT2D eigenvalue weighted by Crippen LogP contribution is 2.32. The van der Waals surface area contributed by atoms with Crippen molar-refractivity contribution in [1.29, 1.82) is 0 Å². The molecule has 8 heteroatoms. The summed E-state index contributed by atoms with van der Waals surface area (Å²) in [5, 5.41) is 7.13. The van der Waals surface area contributed by atoms with Crippen molar-refractivity contribution in [3.8, 4) is 0 Å². The maximum atomic E-state index is 12.2. The normalized spacial score (nSPS) is 15.8. The van der Waals surface area contributed by atoms with Gasteiger partial charge in [0.05, 0.1) is 27.3 Å². The first kappa shape index (κ1) is 21.8. The summed E-state index contributed by atoms with van der Waals surface area (Å²) in [7, 11) is 1.98. The van der Waals surface area contributed by atoms with Crippen molar-refractivity contribution >= 4 is 58.8 Å². The SMILES string of the molecule is CNCCC1CCN(CC(=O)Nc2cc(Cl)c(Cl)cc2Cl)CC1.Cl. The van der Waals surface area contributed by atoms with Gasteiger partial charge < -0.3 is 10.6 Å². The second-order valence-corrected chi connectivity index (χ2v) is 7.13. The first-order chi connectivity index (χ1) is 11.0. The smallest absolute Gasteiger partial charge is 0.238 e. The predicted octanol–water partition coefficient (Wildman–Crippen LogP) is 4.33. The van der Waals surface area contributed by atoms with Crippen LogP contribution in [-0.4, -0.2) is 44.0 Å². The van der Waals surface area contributed by atoms with Gasteiger partial charge in [0.15, 0.2) is 0 Å². The van der Waals surface area contributed by atoms with Crippen LogP contribution < -0.4 is 10.6 Å². The second kappa shape index (κ2) is 10.7. The van der Waals surface area contributed by atoms with Gasteiger partial charge in [0, 0.05) is 0 Å². The number of carbonyl (C=O) groups is 1. The molecule has 1 fully saturated rings. The highest BCUT2D eigenvalue weighted by atomic mass is 35.5. The van der Waals surface area contributed by atoms with E-state index in [9.17, 15) is 4.79 Å². The van der Waals surface area contributed by atoms with Crippen LogP contribution in [0, 0.1) is 5.92 Å². The van der Waals surface area contributed by atoms with Crippen molar-refractivity contribution < 1.29 is 4.79 Å². The van der Waals surface area contributed by atoms with E-state index in [1.54, 1.807) is 6.07 Å². The lowest BCUT2D eigenvalue weighted by atomic mass is 9.93. The lowest BCUT2D eigenvalue weighted by molar-refractivity contribution is -0.117. The summed E-state index contributed by atoms with van der Waals surface area (Å²) in [5.74, 6) is 0.672. The number of hydrogen-bond acceptors (Lipinski definition) is 3. The Morgan fingerprint density at radius 1 is 1.17 bits per heavy atom. The van der Waals surface area contributed by atoms with Crippen molar-refractivity contribution in [2.45, 2.75) is 19.3 Å². The quantitative estimate of drug-likeness (QED) is 0.681. The van der Waals surface area contributed by atoms with Gasteiger partial charge in [0.1, 0.15) is 0 Å². The monoisotopic (exact) mass is 413 g/mol. The van der Waals surface area contributed by atoms with Gasteiger partial charge in [-0.05, 0) is 64.0 Å². The Morgan fingerprint density at radius 2 is 1.79 bits per heavy atom. The molecule has 0 aromatic heterocycles. The Kier molecular flexibility index (Phi) is 9.72. The summed E-state index contributed by atoms with van der Waals surface area (Å²) in [6.07, 6.45) is 3.49. The molecular formula is C16H23Cl4N3O. The number of piperidine rings is 1. The molecule has 2 rings (SSSR count). The van der Waals surface area contributed by atoms with E-state index in [2.05, 4.69) is 15.5 Å². The molecule has 0 aliphatic carbocycles. The largest absolute Gasteiger partial charge is 0.324 e. The molecule has 1 aromatic carbocycles. The molecule has 136 valence electrons. The molecule has 1 aliphatic heterocycles. The third-order valence-corrected chi connectivity index (χ3v) is 5.20. The minimum atomic E-state index is -0.0843. The molecule has 0 unspecified atom stereocenters. The summed E-state index contributed by atoms with van der Waals surface area (Å²) < 4.78 is 0. The molecule has 0 radical (unpaired) electrons. The fourth-order valence-corrected chi connectivity index (χ4v) is 3.39. The number of anilines is 1. The van der Waals surface area contributed by atoms with Crippen molar-refractivity contribution in [3.63, 3.8) is 0 Å². The number of halogens is 4. The third kappa shape index (κ3) is 6.58. The van der Waals surface area contributed by atoms with Gasteiger partial charge in [-0.3, -0.25) is 9.69 Å². The van der Waals surface area contributed by atoms with Crippen LogP contribution in [0.3, 0.4) is 0 Å².